The van der Waals surface area contributed by atoms with Gasteiger partial charge in [0.1, 0.15) is 5.60 Å². The van der Waals surface area contributed by atoms with Gasteiger partial charge in [0.25, 0.3) is 0 Å². The molecule has 0 aromatic heterocycles. The fraction of sp³-hybridized carbons (Fsp3) is 0.571. The molecule has 0 spiro atoms. The molecule has 2 heterocycles. The van der Waals surface area contributed by atoms with E-state index in [-0.39, 0.29) is 6.04 Å². The summed E-state index contributed by atoms with van der Waals surface area (Å²) >= 11 is 0. The van der Waals surface area contributed by atoms with E-state index in [1.165, 1.54) is 11.1 Å². The molecule has 0 saturated carbocycles. The predicted molar refractivity (Wildman–Crippen MR) is 65.9 cm³/mol. The number of hydrogen-bond acceptors (Lipinski definition) is 3. The van der Waals surface area contributed by atoms with Crippen molar-refractivity contribution in [3.8, 4) is 0 Å². The Balaban J connectivity index is 1.94. The Labute approximate surface area is 102 Å². The van der Waals surface area contributed by atoms with Crippen molar-refractivity contribution in [2.45, 2.75) is 30.9 Å². The summed E-state index contributed by atoms with van der Waals surface area (Å²) in [7, 11) is 0. The Hall–Kier alpha value is -0.900. The highest BCUT2D eigenvalue weighted by Crippen LogP contribution is 2.36. The molecular weight excluding hydrogens is 214 g/mol. The van der Waals surface area contributed by atoms with Crippen LogP contribution in [0.5, 0.6) is 0 Å². The van der Waals surface area contributed by atoms with Crippen LogP contribution in [0.4, 0.5) is 0 Å². The second-order valence-electron chi connectivity index (χ2n) is 5.10. The average molecular weight is 233 g/mol. The third-order valence-corrected chi connectivity index (χ3v) is 3.90. The normalized spacial score (nSPS) is 33.1. The number of fused-ring (bicyclic) bond motifs is 1. The summed E-state index contributed by atoms with van der Waals surface area (Å²) in [5, 5.41) is 14.2. The molecule has 2 unspecified atom stereocenters. The Kier molecular flexibility index (Phi) is 2.90. The van der Waals surface area contributed by atoms with Gasteiger partial charge in [0.15, 0.2) is 0 Å². The standard InChI is InChI=1S/C14H19NO2/c16-14(7-3-9-17-10-14)13-12-5-2-1-4-11(12)6-8-15-13/h1-2,4-5,13,15-16H,3,6-10H2. The highest BCUT2D eigenvalue weighted by Gasteiger charge is 2.41. The molecule has 0 amide bonds. The van der Waals surface area contributed by atoms with Crippen LogP contribution >= 0.6 is 0 Å². The smallest absolute Gasteiger partial charge is 0.107 e. The van der Waals surface area contributed by atoms with Crippen molar-refractivity contribution in [1.29, 1.82) is 0 Å². The molecule has 1 saturated heterocycles. The second-order valence-corrected chi connectivity index (χ2v) is 5.10. The molecule has 2 atom stereocenters. The van der Waals surface area contributed by atoms with Crippen molar-refractivity contribution in [1.82, 2.24) is 5.32 Å². The zero-order chi connectivity index (χ0) is 11.7. The summed E-state index contributed by atoms with van der Waals surface area (Å²) in [6, 6.07) is 8.43. The lowest BCUT2D eigenvalue weighted by Gasteiger charge is -2.42. The number of benzene rings is 1. The molecule has 3 heteroatoms. The van der Waals surface area contributed by atoms with Crippen LogP contribution in [0.15, 0.2) is 24.3 Å². The van der Waals surface area contributed by atoms with Crippen LogP contribution in [0.2, 0.25) is 0 Å². The summed E-state index contributed by atoms with van der Waals surface area (Å²) in [5.41, 5.74) is 1.86. The Morgan fingerprint density at radius 2 is 2.24 bits per heavy atom. The van der Waals surface area contributed by atoms with E-state index < -0.39 is 5.60 Å². The number of hydrogen-bond donors (Lipinski definition) is 2. The highest BCUT2D eigenvalue weighted by molar-refractivity contribution is 5.34. The van der Waals surface area contributed by atoms with E-state index in [1.54, 1.807) is 0 Å². The average Bonchev–Trinajstić information content (AvgIpc) is 2.39. The number of aliphatic hydroxyl groups is 1. The van der Waals surface area contributed by atoms with Crippen molar-refractivity contribution in [3.63, 3.8) is 0 Å². The molecule has 17 heavy (non-hydrogen) atoms. The van der Waals surface area contributed by atoms with Gasteiger partial charge < -0.3 is 15.2 Å². The van der Waals surface area contributed by atoms with Gasteiger partial charge >= 0.3 is 0 Å². The third-order valence-electron chi connectivity index (χ3n) is 3.90. The van der Waals surface area contributed by atoms with Gasteiger partial charge in [-0.3, -0.25) is 0 Å². The first-order valence-electron chi connectivity index (χ1n) is 6.41. The van der Waals surface area contributed by atoms with Crippen molar-refractivity contribution in [3.05, 3.63) is 35.4 Å². The van der Waals surface area contributed by atoms with Crippen molar-refractivity contribution < 1.29 is 9.84 Å². The van der Waals surface area contributed by atoms with Crippen LogP contribution in [-0.4, -0.2) is 30.5 Å². The number of ether oxygens (including phenoxy) is 1. The van der Waals surface area contributed by atoms with Crippen LogP contribution in [0.25, 0.3) is 0 Å². The second kappa shape index (κ2) is 4.41. The zero-order valence-electron chi connectivity index (χ0n) is 9.98. The van der Waals surface area contributed by atoms with Crippen molar-refractivity contribution >= 4 is 0 Å². The first-order chi connectivity index (χ1) is 8.30. The van der Waals surface area contributed by atoms with Crippen molar-refractivity contribution in [2.24, 2.45) is 0 Å². The molecule has 2 N–H and O–H groups in total. The van der Waals surface area contributed by atoms with E-state index in [1.807, 2.05) is 6.07 Å². The molecule has 0 aliphatic carbocycles. The SMILES string of the molecule is OC1(C2NCCc3ccccc32)CCCOC1. The predicted octanol–water partition coefficient (Wildman–Crippen LogP) is 1.41. The largest absolute Gasteiger partial charge is 0.385 e. The van der Waals surface area contributed by atoms with Crippen LogP contribution in [0.1, 0.15) is 30.0 Å². The van der Waals surface area contributed by atoms with Gasteiger partial charge in [-0.2, -0.15) is 0 Å². The number of nitrogens with one attached hydrogen (secondary N) is 1. The minimum Gasteiger partial charge on any atom is -0.385 e. The molecule has 3 rings (SSSR count). The van der Waals surface area contributed by atoms with Gasteiger partial charge in [-0.25, -0.2) is 0 Å². The molecule has 0 bridgehead atoms. The molecule has 0 radical (unpaired) electrons. The van der Waals surface area contributed by atoms with E-state index in [0.717, 1.165) is 32.4 Å². The van der Waals surface area contributed by atoms with E-state index in [9.17, 15) is 5.11 Å². The monoisotopic (exact) mass is 233 g/mol. The van der Waals surface area contributed by atoms with Gasteiger partial charge in [-0.15, -0.1) is 0 Å². The Morgan fingerprint density at radius 3 is 3.06 bits per heavy atom. The minimum atomic E-state index is -0.741. The maximum absolute atomic E-state index is 10.8. The molecule has 1 aromatic rings. The fourth-order valence-electron chi connectivity index (χ4n) is 3.01. The van der Waals surface area contributed by atoms with Gasteiger partial charge in [0.2, 0.25) is 0 Å². The molecular formula is C14H19NO2. The maximum atomic E-state index is 10.8. The van der Waals surface area contributed by atoms with Gasteiger partial charge in [-0.1, -0.05) is 24.3 Å². The third kappa shape index (κ3) is 1.99. The topological polar surface area (TPSA) is 41.5 Å². The van der Waals surface area contributed by atoms with E-state index >= 15 is 0 Å². The molecule has 1 aromatic carbocycles. The lowest BCUT2D eigenvalue weighted by Crippen LogP contribution is -2.51. The molecule has 2 aliphatic rings. The summed E-state index contributed by atoms with van der Waals surface area (Å²) in [5.74, 6) is 0. The first kappa shape index (κ1) is 11.2. The molecule has 1 fully saturated rings. The van der Waals surface area contributed by atoms with Gasteiger partial charge in [0.05, 0.1) is 12.6 Å². The summed E-state index contributed by atoms with van der Waals surface area (Å²) in [6.45, 7) is 2.15. The summed E-state index contributed by atoms with van der Waals surface area (Å²) in [4.78, 5) is 0. The molecule has 3 nitrogen and oxygen atoms in total. The Bertz CT molecular complexity index is 399. The van der Waals surface area contributed by atoms with Gasteiger partial charge in [-0.05, 0) is 36.9 Å². The summed E-state index contributed by atoms with van der Waals surface area (Å²) in [6.07, 6.45) is 2.81. The van der Waals surface area contributed by atoms with E-state index in [4.69, 9.17) is 4.74 Å². The van der Waals surface area contributed by atoms with E-state index in [0.29, 0.717) is 6.61 Å². The van der Waals surface area contributed by atoms with Crippen LogP contribution in [-0.2, 0) is 11.2 Å². The van der Waals surface area contributed by atoms with Crippen LogP contribution < -0.4 is 5.32 Å². The Morgan fingerprint density at radius 1 is 1.35 bits per heavy atom. The summed E-state index contributed by atoms with van der Waals surface area (Å²) < 4.78 is 5.46. The number of rotatable bonds is 1. The van der Waals surface area contributed by atoms with Crippen LogP contribution in [0.3, 0.4) is 0 Å². The van der Waals surface area contributed by atoms with Crippen LogP contribution in [0, 0.1) is 0 Å². The van der Waals surface area contributed by atoms with Gasteiger partial charge in [0, 0.05) is 6.61 Å². The zero-order valence-corrected chi connectivity index (χ0v) is 9.98. The lowest BCUT2D eigenvalue weighted by atomic mass is 9.80. The molecule has 2 aliphatic heterocycles. The first-order valence-corrected chi connectivity index (χ1v) is 6.41. The van der Waals surface area contributed by atoms with Crippen molar-refractivity contribution in [2.75, 3.05) is 19.8 Å². The fourth-order valence-corrected chi connectivity index (χ4v) is 3.01. The highest BCUT2D eigenvalue weighted by atomic mass is 16.5. The maximum Gasteiger partial charge on any atom is 0.107 e. The minimum absolute atomic E-state index is 0.0211. The van der Waals surface area contributed by atoms with E-state index in [2.05, 4.69) is 23.5 Å². The molecule has 92 valence electrons. The lowest BCUT2D eigenvalue weighted by molar-refractivity contribution is -0.108. The quantitative estimate of drug-likeness (QED) is 0.770.